The SMILES string of the molecule is COc1cc2cc(c1Cl)N(C)C(=O)C[C@H](OC(=O)[C@H](C)N(C)C(=O)CCCN(C)C(=O)OCc1ccc(NC(=O)[C@H](CCCNC(N)=O)NC(=O)[C@@H](N)C(C)C)cc1)[C@@]1(C)CC(C)(O1)[C@@H]1C[C@@](O)(NC(=O)O1)[C@H](OC)/C=C/C=C(\C)C2. The first kappa shape index (κ1) is 64.8. The lowest BCUT2D eigenvalue weighted by Crippen LogP contribution is -2.72. The summed E-state index contributed by atoms with van der Waals surface area (Å²) in [6, 6.07) is 6.38. The van der Waals surface area contributed by atoms with E-state index in [4.69, 9.17) is 51.5 Å². The van der Waals surface area contributed by atoms with Crippen molar-refractivity contribution in [1.82, 2.24) is 25.8 Å². The largest absolute Gasteiger partial charge is 0.495 e. The number of nitrogens with two attached hydrogens (primary N) is 2. The Hall–Kier alpha value is -6.99. The number of alkyl carbamates (subject to hydrolysis) is 1. The molecule has 6 rings (SSSR count). The molecule has 1 unspecified atom stereocenters. The Kier molecular flexibility index (Phi) is 22.5. The molecule has 0 spiro atoms. The molecule has 0 saturated carbocycles. The molecule has 2 aromatic carbocycles. The molecular weight excluding hydrogens is 1070 g/mol. The monoisotopic (exact) mass is 1150 g/mol. The van der Waals surface area contributed by atoms with Gasteiger partial charge in [-0.1, -0.05) is 61.4 Å². The third-order valence-corrected chi connectivity index (χ3v) is 15.2. The lowest BCUT2D eigenvalue weighted by Gasteiger charge is -2.59. The van der Waals surface area contributed by atoms with Gasteiger partial charge in [0.25, 0.3) is 0 Å². The van der Waals surface area contributed by atoms with Crippen LogP contribution in [0.4, 0.5) is 25.8 Å². The number of methoxy groups -OCH3 is 2. The summed E-state index contributed by atoms with van der Waals surface area (Å²) in [5, 5.41) is 22.5. The van der Waals surface area contributed by atoms with Gasteiger partial charge in [-0.3, -0.25) is 24.5 Å². The number of anilines is 2. The summed E-state index contributed by atoms with van der Waals surface area (Å²) in [6.07, 6.45) is 0.912. The van der Waals surface area contributed by atoms with Crippen molar-refractivity contribution >= 4 is 70.8 Å². The molecular formula is C56H80ClN9O15. The van der Waals surface area contributed by atoms with Crippen molar-refractivity contribution in [3.63, 3.8) is 0 Å². The van der Waals surface area contributed by atoms with E-state index in [0.717, 1.165) is 11.1 Å². The molecule has 2 saturated heterocycles. The van der Waals surface area contributed by atoms with Gasteiger partial charge in [0.2, 0.25) is 23.6 Å². The van der Waals surface area contributed by atoms with E-state index in [1.807, 2.05) is 13.0 Å². The molecule has 25 heteroatoms. The van der Waals surface area contributed by atoms with Crippen molar-refractivity contribution in [3.8, 4) is 5.75 Å². The zero-order chi connectivity index (χ0) is 60.1. The van der Waals surface area contributed by atoms with E-state index in [-0.39, 0.29) is 62.7 Å². The van der Waals surface area contributed by atoms with Gasteiger partial charge in [0.1, 0.15) is 59.0 Å². The van der Waals surface area contributed by atoms with E-state index >= 15 is 0 Å². The van der Waals surface area contributed by atoms with E-state index in [1.54, 1.807) is 76.2 Å². The second kappa shape index (κ2) is 28.1. The van der Waals surface area contributed by atoms with Crippen LogP contribution >= 0.6 is 11.6 Å². The number of ether oxygens (including phenoxy) is 6. The van der Waals surface area contributed by atoms with Crippen molar-refractivity contribution < 1.29 is 71.9 Å². The van der Waals surface area contributed by atoms with Gasteiger partial charge >= 0.3 is 24.2 Å². The molecule has 0 aliphatic carbocycles. The zero-order valence-electron chi connectivity index (χ0n) is 48.1. The van der Waals surface area contributed by atoms with E-state index < -0.39 is 108 Å². The Balaban J connectivity index is 1.20. The average molecular weight is 1150 g/mol. The van der Waals surface area contributed by atoms with Crippen LogP contribution in [-0.2, 0) is 60.7 Å². The molecule has 4 aliphatic heterocycles. The lowest BCUT2D eigenvalue weighted by atomic mass is 9.72. The number of carbonyl (C=O) groups is 8. The molecule has 0 aromatic heterocycles. The molecule has 9 atom stereocenters. The maximum atomic E-state index is 14.4. The molecule has 2 aromatic rings. The maximum Gasteiger partial charge on any atom is 0.409 e. The number of urea groups is 1. The number of amides is 8. The molecule has 0 radical (unpaired) electrons. The van der Waals surface area contributed by atoms with Gasteiger partial charge < -0.3 is 75.6 Å². The third kappa shape index (κ3) is 17.0. The summed E-state index contributed by atoms with van der Waals surface area (Å²) in [5.74, 6) is -2.63. The molecule has 2 fully saturated rings. The highest BCUT2D eigenvalue weighted by molar-refractivity contribution is 6.35. The van der Waals surface area contributed by atoms with E-state index in [9.17, 15) is 43.5 Å². The van der Waals surface area contributed by atoms with Gasteiger partial charge in [-0.05, 0) is 94.7 Å². The highest BCUT2D eigenvalue weighted by atomic mass is 35.5. The third-order valence-electron chi connectivity index (χ3n) is 14.8. The van der Waals surface area contributed by atoms with Crippen LogP contribution in [0.5, 0.6) is 5.75 Å². The molecule has 4 aliphatic rings. The van der Waals surface area contributed by atoms with Crippen molar-refractivity contribution in [2.45, 2.75) is 153 Å². The van der Waals surface area contributed by atoms with E-state index in [1.165, 1.54) is 57.0 Å². The van der Waals surface area contributed by atoms with Gasteiger partial charge in [-0.15, -0.1) is 0 Å². The number of halogens is 1. The summed E-state index contributed by atoms with van der Waals surface area (Å²) in [4.78, 5) is 109. The highest BCUT2D eigenvalue weighted by Gasteiger charge is 2.63. The number of benzene rings is 2. The maximum absolute atomic E-state index is 14.4. The number of nitrogens with one attached hydrogen (secondary N) is 4. The number of rotatable bonds is 20. The number of esters is 1. The van der Waals surface area contributed by atoms with E-state index in [0.29, 0.717) is 35.5 Å². The van der Waals surface area contributed by atoms with Gasteiger partial charge in [0.15, 0.2) is 5.72 Å². The fourth-order valence-corrected chi connectivity index (χ4v) is 10.1. The minimum Gasteiger partial charge on any atom is -0.495 e. The predicted octanol–water partition coefficient (Wildman–Crippen LogP) is 4.56. The Labute approximate surface area is 477 Å². The number of primary amides is 1. The number of carbonyl (C=O) groups excluding carboxylic acids is 8. The van der Waals surface area contributed by atoms with Gasteiger partial charge in [0, 0.05) is 66.3 Å². The first-order valence-corrected chi connectivity index (χ1v) is 27.2. The summed E-state index contributed by atoms with van der Waals surface area (Å²) in [5.41, 5.74) is 9.62. The first-order chi connectivity index (χ1) is 38.0. The number of hydrogen-bond acceptors (Lipinski definition) is 16. The van der Waals surface area contributed by atoms with Crippen LogP contribution in [-0.4, -0.2) is 165 Å². The van der Waals surface area contributed by atoms with Crippen LogP contribution in [0, 0.1) is 5.92 Å². The number of allylic oxidation sites excluding steroid dienone is 3. The number of nitrogens with zero attached hydrogens (tertiary/aromatic N) is 3. The molecule has 9 N–H and O–H groups in total. The molecule has 446 valence electrons. The Morgan fingerprint density at radius 3 is 2.32 bits per heavy atom. The number of aliphatic hydroxyl groups is 1. The number of fused-ring (bicyclic) bond motifs is 6. The summed E-state index contributed by atoms with van der Waals surface area (Å²) >= 11 is 6.82. The quantitative estimate of drug-likeness (QED) is 0.0543. The van der Waals surface area contributed by atoms with Crippen LogP contribution in [0.3, 0.4) is 0 Å². The highest BCUT2D eigenvalue weighted by Crippen LogP contribution is 2.50. The fraction of sp³-hybridized carbons (Fsp3) is 0.571. The minimum atomic E-state index is -1.92. The second-order valence-electron chi connectivity index (χ2n) is 21.7. The molecule has 4 heterocycles. The van der Waals surface area contributed by atoms with Crippen LogP contribution in [0.2, 0.25) is 5.02 Å². The van der Waals surface area contributed by atoms with Crippen molar-refractivity contribution in [2.75, 3.05) is 58.7 Å². The van der Waals surface area contributed by atoms with Crippen LogP contribution < -0.4 is 42.4 Å². The van der Waals surface area contributed by atoms with Crippen LogP contribution in [0.15, 0.2) is 60.2 Å². The Bertz CT molecular complexity index is 2680. The second-order valence-corrected chi connectivity index (χ2v) is 22.1. The van der Waals surface area contributed by atoms with Crippen LogP contribution in [0.1, 0.15) is 97.6 Å². The normalized spacial score (nSPS) is 25.0. The summed E-state index contributed by atoms with van der Waals surface area (Å²) in [7, 11) is 7.35. The van der Waals surface area contributed by atoms with Crippen molar-refractivity contribution in [3.05, 3.63) is 76.3 Å². The van der Waals surface area contributed by atoms with E-state index in [2.05, 4.69) is 21.3 Å². The molecule has 8 amide bonds. The topological polar surface area (TPSA) is 322 Å². The predicted molar refractivity (Wildman–Crippen MR) is 300 cm³/mol. The fourth-order valence-electron chi connectivity index (χ4n) is 9.77. The average Bonchev–Trinajstić information content (AvgIpc) is 3.40. The molecule has 6 bridgehead atoms. The van der Waals surface area contributed by atoms with Crippen molar-refractivity contribution in [2.24, 2.45) is 17.4 Å². The number of hydrogen-bond donors (Lipinski definition) is 7. The summed E-state index contributed by atoms with van der Waals surface area (Å²) < 4.78 is 35.2. The molecule has 81 heavy (non-hydrogen) atoms. The van der Waals surface area contributed by atoms with Gasteiger partial charge in [0.05, 0.1) is 25.3 Å². The standard InChI is InChI=1S/C56H80ClN9O15/c1-32(2)47(58)49(70)62-38(16-13-23-60-51(59)72)48(69)61-37-21-19-35(20-22-37)30-78-53(74)64(7)24-14-18-44(67)65(8)34(4)50(71)79-42-28-45(68)66(9)39-26-36(27-40(76-10)46(39)57)25-33(3)15-12-17-41(77-11)56(75)29-43(80-52(73)63-56)55(6)31-54(42,5)81-55/h12,15,17,19-22,26-27,32,34,38,41-43,47,75H,13-14,16,18,23-25,28-31,58H2,1-11H3,(H,61,69)(H,62,70)(H,63,73)(H3,59,60,72)/b17-12+,33-15+/t34-,38-,41+,42-,43-,47-,54+,55?,56-/m0/s1. The smallest absolute Gasteiger partial charge is 0.409 e. The van der Waals surface area contributed by atoms with Crippen molar-refractivity contribution in [1.29, 1.82) is 0 Å². The minimum absolute atomic E-state index is 0.0657. The Morgan fingerprint density at radius 2 is 1.69 bits per heavy atom. The van der Waals surface area contributed by atoms with Gasteiger partial charge in [-0.2, -0.15) is 0 Å². The van der Waals surface area contributed by atoms with Gasteiger partial charge in [-0.25, -0.2) is 19.2 Å². The summed E-state index contributed by atoms with van der Waals surface area (Å²) in [6.45, 7) is 10.5. The lowest BCUT2D eigenvalue weighted by molar-refractivity contribution is -0.328. The molecule has 24 nitrogen and oxygen atoms in total. The Morgan fingerprint density at radius 1 is 1.01 bits per heavy atom. The first-order valence-electron chi connectivity index (χ1n) is 26.8. The zero-order valence-corrected chi connectivity index (χ0v) is 48.8. The number of likely N-dealkylation sites (N-methyl/N-ethyl adjacent to an activating group) is 1. The van der Waals surface area contributed by atoms with Crippen LogP contribution in [0.25, 0.3) is 0 Å².